The summed E-state index contributed by atoms with van der Waals surface area (Å²) < 4.78 is 22.0. The summed E-state index contributed by atoms with van der Waals surface area (Å²) in [6.45, 7) is 11.7. The van der Waals surface area contributed by atoms with E-state index in [1.54, 1.807) is 19.2 Å². The molecular weight excluding hydrogens is 408 g/mol. The van der Waals surface area contributed by atoms with Crippen molar-refractivity contribution < 1.29 is 28.5 Å². The Kier molecular flexibility index (Phi) is 6.35. The zero-order valence-electron chi connectivity index (χ0n) is 19.7. The van der Waals surface area contributed by atoms with E-state index in [9.17, 15) is 9.59 Å². The third-order valence-electron chi connectivity index (χ3n) is 5.06. The van der Waals surface area contributed by atoms with Crippen molar-refractivity contribution in [2.45, 2.75) is 59.4 Å². The number of carbonyl (C=O) groups excluding carboxylic acids is 2. The Bertz CT molecular complexity index is 1050. The van der Waals surface area contributed by atoms with Crippen LogP contribution in [-0.2, 0) is 31.1 Å². The van der Waals surface area contributed by atoms with E-state index in [0.29, 0.717) is 11.3 Å². The number of aryl methyl sites for hydroxylation is 1. The quantitative estimate of drug-likeness (QED) is 0.367. The van der Waals surface area contributed by atoms with Gasteiger partial charge in [0.2, 0.25) is 0 Å². The summed E-state index contributed by atoms with van der Waals surface area (Å²) >= 11 is 0. The molecule has 0 N–H and O–H groups in total. The van der Waals surface area contributed by atoms with E-state index in [2.05, 4.69) is 32.9 Å². The fraction of sp³-hybridized carbons (Fsp3) is 0.385. The van der Waals surface area contributed by atoms with Gasteiger partial charge in [-0.25, -0.2) is 9.59 Å². The summed E-state index contributed by atoms with van der Waals surface area (Å²) in [5.74, 6) is -1.25. The number of methoxy groups -OCH3 is 1. The van der Waals surface area contributed by atoms with Gasteiger partial charge in [-0.05, 0) is 53.3 Å². The summed E-state index contributed by atoms with van der Waals surface area (Å²) in [7, 11) is 1.59. The van der Waals surface area contributed by atoms with Gasteiger partial charge in [0, 0.05) is 19.4 Å². The Morgan fingerprint density at radius 2 is 1.62 bits per heavy atom. The summed E-state index contributed by atoms with van der Waals surface area (Å²) in [4.78, 5) is 24.5. The van der Waals surface area contributed by atoms with Crippen LogP contribution in [0.1, 0.15) is 56.9 Å². The lowest BCUT2D eigenvalue weighted by Crippen LogP contribution is -2.41. The second kappa shape index (κ2) is 8.69. The maximum Gasteiger partial charge on any atom is 0.348 e. The Morgan fingerprint density at radius 3 is 2.22 bits per heavy atom. The van der Waals surface area contributed by atoms with Crippen molar-refractivity contribution in [3.63, 3.8) is 0 Å². The van der Waals surface area contributed by atoms with E-state index >= 15 is 0 Å². The predicted octanol–water partition coefficient (Wildman–Crippen LogP) is 5.10. The van der Waals surface area contributed by atoms with Gasteiger partial charge < -0.3 is 18.9 Å². The SMILES string of the molecule is COc1ccc(C=C2C(=O)OC(C)(C)OC2=O)cc1COc1cc(C)ccc1C(C)(C)C. The van der Waals surface area contributed by atoms with Crippen molar-refractivity contribution in [1.82, 2.24) is 0 Å². The Labute approximate surface area is 189 Å². The minimum absolute atomic E-state index is 0.0745. The standard InChI is InChI=1S/C26H30O6/c1-16-8-10-20(25(2,3)4)22(12-16)30-15-18-13-17(9-11-21(18)29-7)14-19-23(27)31-26(5,6)32-24(19)28/h8-14H,15H2,1-7H3. The molecule has 0 amide bonds. The van der Waals surface area contributed by atoms with Gasteiger partial charge in [0.15, 0.2) is 0 Å². The number of carbonyl (C=O) groups is 2. The molecule has 0 spiro atoms. The van der Waals surface area contributed by atoms with Crippen molar-refractivity contribution in [1.29, 1.82) is 0 Å². The van der Waals surface area contributed by atoms with Gasteiger partial charge in [-0.15, -0.1) is 0 Å². The minimum Gasteiger partial charge on any atom is -0.496 e. The van der Waals surface area contributed by atoms with Gasteiger partial charge in [0.05, 0.1) is 7.11 Å². The lowest BCUT2D eigenvalue weighted by Gasteiger charge is -2.29. The maximum absolute atomic E-state index is 12.3. The molecule has 170 valence electrons. The lowest BCUT2D eigenvalue weighted by atomic mass is 9.86. The molecule has 0 aromatic heterocycles. The monoisotopic (exact) mass is 438 g/mol. The van der Waals surface area contributed by atoms with E-state index < -0.39 is 17.7 Å². The zero-order chi connectivity index (χ0) is 23.7. The first-order valence-electron chi connectivity index (χ1n) is 10.5. The third kappa shape index (κ3) is 5.31. The van der Waals surface area contributed by atoms with Gasteiger partial charge in [-0.3, -0.25) is 0 Å². The predicted molar refractivity (Wildman–Crippen MR) is 121 cm³/mol. The molecule has 2 aromatic rings. The van der Waals surface area contributed by atoms with Crippen LogP contribution >= 0.6 is 0 Å². The lowest BCUT2D eigenvalue weighted by molar-refractivity contribution is -0.222. The first kappa shape index (κ1) is 23.4. The fourth-order valence-electron chi connectivity index (χ4n) is 3.47. The molecule has 0 atom stereocenters. The first-order chi connectivity index (χ1) is 14.9. The van der Waals surface area contributed by atoms with Crippen LogP contribution in [0.3, 0.4) is 0 Å². The van der Waals surface area contributed by atoms with E-state index in [-0.39, 0.29) is 17.6 Å². The summed E-state index contributed by atoms with van der Waals surface area (Å²) in [6, 6.07) is 11.5. The van der Waals surface area contributed by atoms with Crippen LogP contribution in [0.15, 0.2) is 42.0 Å². The molecule has 0 radical (unpaired) electrons. The molecule has 0 unspecified atom stereocenters. The van der Waals surface area contributed by atoms with Crippen LogP contribution in [0.25, 0.3) is 6.08 Å². The molecule has 6 nitrogen and oxygen atoms in total. The zero-order valence-corrected chi connectivity index (χ0v) is 19.7. The molecule has 1 fully saturated rings. The molecule has 0 bridgehead atoms. The average molecular weight is 439 g/mol. The summed E-state index contributed by atoms with van der Waals surface area (Å²) in [5, 5.41) is 0. The largest absolute Gasteiger partial charge is 0.496 e. The van der Waals surface area contributed by atoms with Crippen LogP contribution < -0.4 is 9.47 Å². The number of rotatable bonds is 5. The number of ether oxygens (including phenoxy) is 4. The van der Waals surface area contributed by atoms with Crippen LogP contribution in [0.4, 0.5) is 0 Å². The van der Waals surface area contributed by atoms with Gasteiger partial charge >= 0.3 is 11.9 Å². The van der Waals surface area contributed by atoms with Crippen LogP contribution in [0.2, 0.25) is 0 Å². The molecule has 6 heteroatoms. The Hall–Kier alpha value is -3.28. The molecule has 3 rings (SSSR count). The molecule has 0 aliphatic carbocycles. The highest BCUT2D eigenvalue weighted by atomic mass is 16.7. The molecule has 1 aliphatic rings. The van der Waals surface area contributed by atoms with Crippen LogP contribution in [0, 0.1) is 6.92 Å². The van der Waals surface area contributed by atoms with Gasteiger partial charge in [0.1, 0.15) is 23.7 Å². The molecule has 32 heavy (non-hydrogen) atoms. The second-order valence-electron chi connectivity index (χ2n) is 9.35. The molecule has 2 aromatic carbocycles. The normalized spacial score (nSPS) is 15.7. The molecule has 1 heterocycles. The van der Waals surface area contributed by atoms with Crippen molar-refractivity contribution in [3.05, 3.63) is 64.2 Å². The number of esters is 2. The highest BCUT2D eigenvalue weighted by molar-refractivity contribution is 6.18. The molecule has 1 aliphatic heterocycles. The van der Waals surface area contributed by atoms with E-state index in [1.165, 1.54) is 19.9 Å². The molecule has 1 saturated heterocycles. The highest BCUT2D eigenvalue weighted by Gasteiger charge is 2.38. The fourth-order valence-corrected chi connectivity index (χ4v) is 3.47. The highest BCUT2D eigenvalue weighted by Crippen LogP contribution is 2.33. The summed E-state index contributed by atoms with van der Waals surface area (Å²) in [6.07, 6.45) is 1.45. The number of cyclic esters (lactones) is 2. The smallest absolute Gasteiger partial charge is 0.348 e. The van der Waals surface area contributed by atoms with E-state index in [0.717, 1.165) is 22.4 Å². The van der Waals surface area contributed by atoms with Crippen molar-refractivity contribution >= 4 is 18.0 Å². The Morgan fingerprint density at radius 1 is 0.969 bits per heavy atom. The first-order valence-corrected chi connectivity index (χ1v) is 10.5. The number of hydrogen-bond acceptors (Lipinski definition) is 6. The van der Waals surface area contributed by atoms with Crippen molar-refractivity contribution in [3.8, 4) is 11.5 Å². The number of benzene rings is 2. The van der Waals surface area contributed by atoms with Crippen LogP contribution in [-0.4, -0.2) is 24.8 Å². The second-order valence-corrected chi connectivity index (χ2v) is 9.35. The van der Waals surface area contributed by atoms with Gasteiger partial charge in [0.25, 0.3) is 5.79 Å². The third-order valence-corrected chi connectivity index (χ3v) is 5.06. The Balaban J connectivity index is 1.90. The van der Waals surface area contributed by atoms with Crippen molar-refractivity contribution in [2.24, 2.45) is 0 Å². The topological polar surface area (TPSA) is 71.1 Å². The van der Waals surface area contributed by atoms with E-state index in [4.69, 9.17) is 18.9 Å². The van der Waals surface area contributed by atoms with Gasteiger partial charge in [-0.1, -0.05) is 39.0 Å². The molecular formula is C26H30O6. The van der Waals surface area contributed by atoms with Crippen LogP contribution in [0.5, 0.6) is 11.5 Å². The van der Waals surface area contributed by atoms with Crippen molar-refractivity contribution in [2.75, 3.05) is 7.11 Å². The van der Waals surface area contributed by atoms with E-state index in [1.807, 2.05) is 19.1 Å². The minimum atomic E-state index is -1.27. The van der Waals surface area contributed by atoms with Gasteiger partial charge in [-0.2, -0.15) is 0 Å². The average Bonchev–Trinajstić information content (AvgIpc) is 2.67. The maximum atomic E-state index is 12.3. The number of hydrogen-bond donors (Lipinski definition) is 0. The molecule has 0 saturated carbocycles. The summed E-state index contributed by atoms with van der Waals surface area (Å²) in [5.41, 5.74) is 3.39.